The summed E-state index contributed by atoms with van der Waals surface area (Å²) in [5.74, 6) is 0.161. The van der Waals surface area contributed by atoms with Crippen molar-refractivity contribution in [3.05, 3.63) is 30.3 Å². The second-order valence-corrected chi connectivity index (χ2v) is 6.01. The van der Waals surface area contributed by atoms with E-state index in [2.05, 4.69) is 57.7 Å². The lowest BCUT2D eigenvalue weighted by molar-refractivity contribution is -0.121. The van der Waals surface area contributed by atoms with Gasteiger partial charge in [-0.15, -0.1) is 0 Å². The lowest BCUT2D eigenvalue weighted by Gasteiger charge is -2.36. The average molecular weight is 318 g/mol. The van der Waals surface area contributed by atoms with Crippen molar-refractivity contribution >= 4 is 11.6 Å². The molecule has 5 nitrogen and oxygen atoms in total. The highest BCUT2D eigenvalue weighted by Gasteiger charge is 2.17. The molecule has 1 amide bonds. The van der Waals surface area contributed by atoms with E-state index in [-0.39, 0.29) is 5.91 Å². The van der Waals surface area contributed by atoms with Crippen LogP contribution in [0.5, 0.6) is 0 Å². The third kappa shape index (κ3) is 6.59. The van der Waals surface area contributed by atoms with Crippen LogP contribution in [0.3, 0.4) is 0 Å². The number of hydrogen-bond acceptors (Lipinski definition) is 4. The number of rotatable bonds is 9. The Morgan fingerprint density at radius 3 is 2.48 bits per heavy atom. The molecule has 0 radical (unpaired) electrons. The number of hydrogen-bond donors (Lipinski definition) is 2. The number of carbonyl (C=O) groups is 1. The molecule has 5 heteroatoms. The summed E-state index contributed by atoms with van der Waals surface area (Å²) in [6.45, 7) is 9.72. The first-order valence-corrected chi connectivity index (χ1v) is 8.79. The van der Waals surface area contributed by atoms with E-state index in [0.717, 1.165) is 58.8 Å². The minimum atomic E-state index is 0.161. The molecule has 0 saturated carbocycles. The van der Waals surface area contributed by atoms with E-state index in [9.17, 15) is 4.79 Å². The molecule has 0 aliphatic carbocycles. The molecule has 0 bridgehead atoms. The number of nitrogens with zero attached hydrogens (tertiary/aromatic N) is 2. The Morgan fingerprint density at radius 2 is 1.78 bits per heavy atom. The van der Waals surface area contributed by atoms with Crippen LogP contribution < -0.4 is 15.5 Å². The number of anilines is 1. The third-order valence-electron chi connectivity index (χ3n) is 4.20. The highest BCUT2D eigenvalue weighted by molar-refractivity contribution is 5.76. The number of piperazine rings is 1. The molecule has 128 valence electrons. The lowest BCUT2D eigenvalue weighted by Crippen LogP contribution is -2.47. The van der Waals surface area contributed by atoms with E-state index in [4.69, 9.17) is 0 Å². The zero-order valence-electron chi connectivity index (χ0n) is 14.3. The van der Waals surface area contributed by atoms with Crippen LogP contribution in [-0.2, 0) is 4.79 Å². The maximum Gasteiger partial charge on any atom is 0.221 e. The molecule has 1 heterocycles. The van der Waals surface area contributed by atoms with Crippen molar-refractivity contribution in [1.29, 1.82) is 0 Å². The van der Waals surface area contributed by atoms with Crippen molar-refractivity contribution < 1.29 is 4.79 Å². The van der Waals surface area contributed by atoms with Crippen molar-refractivity contribution in [1.82, 2.24) is 15.5 Å². The van der Waals surface area contributed by atoms with Gasteiger partial charge in [0.1, 0.15) is 0 Å². The molecule has 1 aliphatic rings. The fourth-order valence-corrected chi connectivity index (χ4v) is 2.81. The van der Waals surface area contributed by atoms with Gasteiger partial charge in [0, 0.05) is 57.9 Å². The SMILES string of the molecule is CCCNCCNC(=O)CCN1CCN(c2ccccc2)CC1. The average Bonchev–Trinajstić information content (AvgIpc) is 2.61. The lowest BCUT2D eigenvalue weighted by atomic mass is 10.2. The second-order valence-electron chi connectivity index (χ2n) is 6.01. The summed E-state index contributed by atoms with van der Waals surface area (Å²) in [4.78, 5) is 16.6. The highest BCUT2D eigenvalue weighted by atomic mass is 16.1. The van der Waals surface area contributed by atoms with Gasteiger partial charge < -0.3 is 15.5 Å². The van der Waals surface area contributed by atoms with E-state index >= 15 is 0 Å². The monoisotopic (exact) mass is 318 g/mol. The molecule has 1 aliphatic heterocycles. The number of para-hydroxylation sites is 1. The maximum absolute atomic E-state index is 11.8. The van der Waals surface area contributed by atoms with Crippen LogP contribution in [0.25, 0.3) is 0 Å². The van der Waals surface area contributed by atoms with Gasteiger partial charge in [-0.05, 0) is 25.1 Å². The molecule has 2 rings (SSSR count). The molecule has 0 unspecified atom stereocenters. The fourth-order valence-electron chi connectivity index (χ4n) is 2.81. The molecule has 1 saturated heterocycles. The maximum atomic E-state index is 11.8. The first-order valence-electron chi connectivity index (χ1n) is 8.79. The van der Waals surface area contributed by atoms with E-state index in [1.165, 1.54) is 5.69 Å². The molecule has 1 fully saturated rings. The first-order chi connectivity index (χ1) is 11.3. The standard InChI is InChI=1S/C18H30N4O/c1-2-9-19-10-11-20-18(23)8-12-21-13-15-22(16-14-21)17-6-4-3-5-7-17/h3-7,19H,2,8-16H2,1H3,(H,20,23). The van der Waals surface area contributed by atoms with E-state index in [0.29, 0.717) is 6.42 Å². The summed E-state index contributed by atoms with van der Waals surface area (Å²) < 4.78 is 0. The summed E-state index contributed by atoms with van der Waals surface area (Å²) in [5, 5.41) is 6.26. The van der Waals surface area contributed by atoms with E-state index < -0.39 is 0 Å². The van der Waals surface area contributed by atoms with Crippen molar-refractivity contribution in [2.75, 3.05) is 57.3 Å². The Kier molecular flexibility index (Phi) is 7.90. The molecule has 1 aromatic carbocycles. The largest absolute Gasteiger partial charge is 0.369 e. The molecular formula is C18H30N4O. The van der Waals surface area contributed by atoms with Crippen LogP contribution in [0.15, 0.2) is 30.3 Å². The first kappa shape index (κ1) is 17.8. The van der Waals surface area contributed by atoms with Gasteiger partial charge >= 0.3 is 0 Å². The van der Waals surface area contributed by atoms with E-state index in [1.807, 2.05) is 0 Å². The molecule has 0 atom stereocenters. The topological polar surface area (TPSA) is 47.6 Å². The Morgan fingerprint density at radius 1 is 1.04 bits per heavy atom. The summed E-state index contributed by atoms with van der Waals surface area (Å²) >= 11 is 0. The summed E-state index contributed by atoms with van der Waals surface area (Å²) in [6.07, 6.45) is 1.72. The molecule has 0 aromatic heterocycles. The molecule has 1 aromatic rings. The number of amides is 1. The third-order valence-corrected chi connectivity index (χ3v) is 4.20. The molecule has 0 spiro atoms. The van der Waals surface area contributed by atoms with Gasteiger partial charge in [0.2, 0.25) is 5.91 Å². The van der Waals surface area contributed by atoms with Crippen molar-refractivity contribution in [2.45, 2.75) is 19.8 Å². The Balaban J connectivity index is 1.57. The predicted molar refractivity (Wildman–Crippen MR) is 95.9 cm³/mol. The number of nitrogens with one attached hydrogen (secondary N) is 2. The van der Waals surface area contributed by atoms with Crippen molar-refractivity contribution in [3.63, 3.8) is 0 Å². The van der Waals surface area contributed by atoms with Crippen LogP contribution in [0, 0.1) is 0 Å². The Hall–Kier alpha value is -1.59. The summed E-state index contributed by atoms with van der Waals surface area (Å²) in [7, 11) is 0. The van der Waals surface area contributed by atoms with Gasteiger partial charge in [0.15, 0.2) is 0 Å². The van der Waals surface area contributed by atoms with Gasteiger partial charge in [-0.2, -0.15) is 0 Å². The number of carbonyl (C=O) groups excluding carboxylic acids is 1. The smallest absolute Gasteiger partial charge is 0.221 e. The van der Waals surface area contributed by atoms with Gasteiger partial charge in [0.05, 0.1) is 0 Å². The van der Waals surface area contributed by atoms with Crippen LogP contribution in [0.4, 0.5) is 5.69 Å². The summed E-state index contributed by atoms with van der Waals surface area (Å²) in [5.41, 5.74) is 1.30. The van der Waals surface area contributed by atoms with Gasteiger partial charge in [-0.1, -0.05) is 25.1 Å². The van der Waals surface area contributed by atoms with Crippen LogP contribution in [-0.4, -0.2) is 63.2 Å². The normalized spacial score (nSPS) is 15.6. The predicted octanol–water partition coefficient (Wildman–Crippen LogP) is 1.31. The second kappa shape index (κ2) is 10.2. The van der Waals surface area contributed by atoms with Gasteiger partial charge in [-0.3, -0.25) is 9.69 Å². The van der Waals surface area contributed by atoms with Crippen LogP contribution in [0.2, 0.25) is 0 Å². The van der Waals surface area contributed by atoms with Crippen LogP contribution >= 0.6 is 0 Å². The van der Waals surface area contributed by atoms with E-state index in [1.54, 1.807) is 0 Å². The van der Waals surface area contributed by atoms with Gasteiger partial charge in [0.25, 0.3) is 0 Å². The van der Waals surface area contributed by atoms with Crippen LogP contribution in [0.1, 0.15) is 19.8 Å². The highest BCUT2D eigenvalue weighted by Crippen LogP contribution is 2.15. The van der Waals surface area contributed by atoms with Gasteiger partial charge in [-0.25, -0.2) is 0 Å². The van der Waals surface area contributed by atoms with Crippen molar-refractivity contribution in [2.24, 2.45) is 0 Å². The quantitative estimate of drug-likeness (QED) is 0.674. The Bertz CT molecular complexity index is 444. The summed E-state index contributed by atoms with van der Waals surface area (Å²) in [6, 6.07) is 10.5. The number of benzene rings is 1. The fraction of sp³-hybridized carbons (Fsp3) is 0.611. The minimum absolute atomic E-state index is 0.161. The molecule has 23 heavy (non-hydrogen) atoms. The minimum Gasteiger partial charge on any atom is -0.369 e. The van der Waals surface area contributed by atoms with Crippen molar-refractivity contribution in [3.8, 4) is 0 Å². The molecular weight excluding hydrogens is 288 g/mol. The molecule has 2 N–H and O–H groups in total. The zero-order valence-corrected chi connectivity index (χ0v) is 14.3. The zero-order chi connectivity index (χ0) is 16.3. The Labute approximate surface area is 140 Å².